The third-order valence-corrected chi connectivity index (χ3v) is 5.18. The topological polar surface area (TPSA) is 104 Å². The highest BCUT2D eigenvalue weighted by molar-refractivity contribution is 5.89. The summed E-state index contributed by atoms with van der Waals surface area (Å²) in [5.74, 6) is 1.01. The zero-order valence-electron chi connectivity index (χ0n) is 15.3. The minimum atomic E-state index is -0.243. The van der Waals surface area contributed by atoms with Crippen molar-refractivity contribution in [1.29, 1.82) is 0 Å². The lowest BCUT2D eigenvalue weighted by Crippen LogP contribution is -2.11. The number of carbonyl (C=O) groups excluding carboxylic acids is 1. The highest BCUT2D eigenvalue weighted by Crippen LogP contribution is 2.28. The molecule has 1 amide bonds. The Morgan fingerprint density at radius 2 is 1.89 bits per heavy atom. The Balaban J connectivity index is 1.66. The first-order chi connectivity index (χ1) is 13.1. The number of nitrogens with one attached hydrogen (secondary N) is 3. The van der Waals surface area contributed by atoms with Crippen LogP contribution in [0.5, 0.6) is 0 Å². The molecule has 0 unspecified atom stereocenters. The molecule has 140 valence electrons. The van der Waals surface area contributed by atoms with Crippen LogP contribution in [0.3, 0.4) is 0 Å². The van der Waals surface area contributed by atoms with Crippen LogP contribution in [0.4, 0.5) is 5.69 Å². The number of H-pyrrole nitrogens is 2. The first-order valence-corrected chi connectivity index (χ1v) is 9.45. The van der Waals surface area contributed by atoms with Gasteiger partial charge in [-0.25, -0.2) is 4.98 Å². The lowest BCUT2D eigenvalue weighted by atomic mass is 9.86. The molecule has 0 saturated heterocycles. The maximum atomic E-state index is 12.5. The van der Waals surface area contributed by atoms with Crippen LogP contribution >= 0.6 is 0 Å². The molecule has 2 aromatic heterocycles. The summed E-state index contributed by atoms with van der Waals surface area (Å²) in [6, 6.07) is 7.24. The van der Waals surface area contributed by atoms with Gasteiger partial charge in [-0.1, -0.05) is 32.1 Å². The fourth-order valence-electron chi connectivity index (χ4n) is 3.83. The number of benzene rings is 1. The van der Waals surface area contributed by atoms with Gasteiger partial charge in [0.25, 0.3) is 5.56 Å². The third-order valence-electron chi connectivity index (χ3n) is 5.18. The molecule has 0 atom stereocenters. The van der Waals surface area contributed by atoms with Crippen LogP contribution < -0.4 is 10.9 Å². The number of rotatable bonds is 4. The van der Waals surface area contributed by atoms with E-state index in [0.29, 0.717) is 28.5 Å². The molecule has 27 heavy (non-hydrogen) atoms. The van der Waals surface area contributed by atoms with Crippen molar-refractivity contribution in [3.05, 3.63) is 40.3 Å². The largest absolute Gasteiger partial charge is 0.326 e. The monoisotopic (exact) mass is 365 g/mol. The molecule has 3 aromatic rings. The molecular formula is C20H23N5O2. The van der Waals surface area contributed by atoms with Crippen molar-refractivity contribution in [2.45, 2.75) is 45.4 Å². The van der Waals surface area contributed by atoms with E-state index in [0.717, 1.165) is 17.7 Å². The van der Waals surface area contributed by atoms with E-state index < -0.39 is 0 Å². The van der Waals surface area contributed by atoms with E-state index in [1.807, 2.05) is 12.1 Å². The summed E-state index contributed by atoms with van der Waals surface area (Å²) >= 11 is 0. The smallest absolute Gasteiger partial charge is 0.279 e. The van der Waals surface area contributed by atoms with Crippen LogP contribution in [0, 0.1) is 5.92 Å². The number of aromatic nitrogens is 4. The zero-order chi connectivity index (χ0) is 18.8. The fourth-order valence-corrected chi connectivity index (χ4v) is 3.83. The Morgan fingerprint density at radius 1 is 1.15 bits per heavy atom. The molecule has 0 bridgehead atoms. The number of aromatic amines is 2. The molecule has 0 spiro atoms. The molecule has 0 radical (unpaired) electrons. The number of amides is 1. The van der Waals surface area contributed by atoms with Crippen LogP contribution in [-0.4, -0.2) is 26.1 Å². The summed E-state index contributed by atoms with van der Waals surface area (Å²) < 4.78 is 0. The summed E-state index contributed by atoms with van der Waals surface area (Å²) in [7, 11) is 0. The lowest BCUT2D eigenvalue weighted by molar-refractivity contribution is -0.114. The van der Waals surface area contributed by atoms with E-state index >= 15 is 0 Å². The van der Waals surface area contributed by atoms with Gasteiger partial charge in [0.05, 0.1) is 5.69 Å². The van der Waals surface area contributed by atoms with Gasteiger partial charge in [0.2, 0.25) is 5.91 Å². The molecule has 1 aliphatic rings. The van der Waals surface area contributed by atoms with Crippen LogP contribution in [-0.2, 0) is 11.2 Å². The van der Waals surface area contributed by atoms with Gasteiger partial charge >= 0.3 is 0 Å². The predicted molar refractivity (Wildman–Crippen MR) is 105 cm³/mol. The van der Waals surface area contributed by atoms with E-state index in [9.17, 15) is 9.59 Å². The molecule has 1 fully saturated rings. The Labute approximate surface area is 156 Å². The summed E-state index contributed by atoms with van der Waals surface area (Å²) in [5.41, 5.74) is 3.21. The molecule has 7 nitrogen and oxygen atoms in total. The third kappa shape index (κ3) is 3.77. The maximum Gasteiger partial charge on any atom is 0.279 e. The normalized spacial score (nSPS) is 15.1. The summed E-state index contributed by atoms with van der Waals surface area (Å²) in [5, 5.41) is 9.95. The second kappa shape index (κ2) is 7.34. The summed E-state index contributed by atoms with van der Waals surface area (Å²) in [6.45, 7) is 1.47. The molecule has 3 N–H and O–H groups in total. The summed E-state index contributed by atoms with van der Waals surface area (Å²) in [6.07, 6.45) is 7.19. The maximum absolute atomic E-state index is 12.5. The Hall–Kier alpha value is -2.96. The number of fused-ring (bicyclic) bond motifs is 1. The second-order valence-electron chi connectivity index (χ2n) is 7.28. The van der Waals surface area contributed by atoms with Gasteiger partial charge in [0.1, 0.15) is 11.3 Å². The van der Waals surface area contributed by atoms with Gasteiger partial charge in [-0.05, 0) is 36.6 Å². The Kier molecular flexibility index (Phi) is 4.75. The number of carbonyl (C=O) groups is 1. The van der Waals surface area contributed by atoms with Gasteiger partial charge in [0.15, 0.2) is 5.52 Å². The predicted octanol–water partition coefficient (Wildman–Crippen LogP) is 3.39. The molecule has 0 aliphatic heterocycles. The van der Waals surface area contributed by atoms with Gasteiger partial charge in [-0.2, -0.15) is 5.10 Å². The molecule has 4 rings (SSSR count). The first-order valence-electron chi connectivity index (χ1n) is 9.45. The highest BCUT2D eigenvalue weighted by atomic mass is 16.1. The van der Waals surface area contributed by atoms with Crippen molar-refractivity contribution in [2.75, 3.05) is 5.32 Å². The number of hydrogen-bond donors (Lipinski definition) is 3. The Morgan fingerprint density at radius 3 is 2.59 bits per heavy atom. The number of nitrogens with zero attached hydrogens (tertiary/aromatic N) is 2. The highest BCUT2D eigenvalue weighted by Gasteiger charge is 2.19. The summed E-state index contributed by atoms with van der Waals surface area (Å²) in [4.78, 5) is 31.1. The zero-order valence-corrected chi connectivity index (χ0v) is 15.3. The molecule has 1 aliphatic carbocycles. The van der Waals surface area contributed by atoms with E-state index in [1.165, 1.54) is 39.0 Å². The molecule has 2 heterocycles. The Bertz CT molecular complexity index is 1010. The standard InChI is InChI=1S/C20H23N5O2/c1-12(26)21-15-9-7-14(8-10-15)19-22-17-16(11-13-5-3-2-4-6-13)24-25-18(17)20(27)23-19/h7-10,13H,2-6,11H2,1H3,(H,21,26)(H,24,25)(H,22,23,27). The lowest BCUT2D eigenvalue weighted by Gasteiger charge is -2.20. The first kappa shape index (κ1) is 17.5. The molecule has 1 saturated carbocycles. The van der Waals surface area contributed by atoms with Crippen molar-refractivity contribution in [3.63, 3.8) is 0 Å². The van der Waals surface area contributed by atoms with E-state index in [-0.39, 0.29) is 11.5 Å². The van der Waals surface area contributed by atoms with Crippen molar-refractivity contribution in [1.82, 2.24) is 20.2 Å². The van der Waals surface area contributed by atoms with Crippen LogP contribution in [0.15, 0.2) is 29.1 Å². The van der Waals surface area contributed by atoms with E-state index in [2.05, 4.69) is 25.5 Å². The minimum Gasteiger partial charge on any atom is -0.326 e. The minimum absolute atomic E-state index is 0.124. The van der Waals surface area contributed by atoms with E-state index in [1.54, 1.807) is 12.1 Å². The fraction of sp³-hybridized carbons (Fsp3) is 0.400. The quantitative estimate of drug-likeness (QED) is 0.659. The average Bonchev–Trinajstić information content (AvgIpc) is 3.06. The SMILES string of the molecule is CC(=O)Nc1ccc(-c2nc3c(CC4CCCCC4)[nH]nc3c(=O)[nH]2)cc1. The van der Waals surface area contributed by atoms with E-state index in [4.69, 9.17) is 0 Å². The molecular weight excluding hydrogens is 342 g/mol. The van der Waals surface area contributed by atoms with Crippen LogP contribution in [0.2, 0.25) is 0 Å². The van der Waals surface area contributed by atoms with Crippen molar-refractivity contribution >= 4 is 22.6 Å². The van der Waals surface area contributed by atoms with Crippen molar-refractivity contribution in [3.8, 4) is 11.4 Å². The second-order valence-corrected chi connectivity index (χ2v) is 7.28. The van der Waals surface area contributed by atoms with Crippen LogP contribution in [0.25, 0.3) is 22.4 Å². The molecule has 1 aromatic carbocycles. The van der Waals surface area contributed by atoms with Crippen LogP contribution in [0.1, 0.15) is 44.7 Å². The number of anilines is 1. The van der Waals surface area contributed by atoms with Gasteiger partial charge in [0, 0.05) is 18.2 Å². The van der Waals surface area contributed by atoms with Crippen molar-refractivity contribution < 1.29 is 4.79 Å². The van der Waals surface area contributed by atoms with Gasteiger partial charge in [-0.3, -0.25) is 14.7 Å². The van der Waals surface area contributed by atoms with Gasteiger partial charge < -0.3 is 10.3 Å². The van der Waals surface area contributed by atoms with Crippen molar-refractivity contribution in [2.24, 2.45) is 5.92 Å². The molecule has 7 heteroatoms. The average molecular weight is 365 g/mol. The van der Waals surface area contributed by atoms with Gasteiger partial charge in [-0.15, -0.1) is 0 Å². The number of hydrogen-bond acceptors (Lipinski definition) is 4.